The van der Waals surface area contributed by atoms with Crippen molar-refractivity contribution in [1.82, 2.24) is 10.6 Å². The number of carbonyl (C=O) groups excluding carboxylic acids is 2. The van der Waals surface area contributed by atoms with Gasteiger partial charge in [0, 0.05) is 31.5 Å². The summed E-state index contributed by atoms with van der Waals surface area (Å²) in [7, 11) is 0. The van der Waals surface area contributed by atoms with E-state index < -0.39 is 11.6 Å². The number of hydrogen-bond acceptors (Lipinski definition) is 5. The first-order chi connectivity index (χ1) is 12.8. The summed E-state index contributed by atoms with van der Waals surface area (Å²) in [6.07, 6.45) is 3.11. The SMILES string of the molecule is CC(=O)NCCNC(=O)c1cccc(OCC(O)(C(=O)O)C2CCCC2)c1. The Hall–Kier alpha value is -2.61. The van der Waals surface area contributed by atoms with Crippen molar-refractivity contribution < 1.29 is 29.3 Å². The molecule has 1 saturated carbocycles. The van der Waals surface area contributed by atoms with E-state index in [4.69, 9.17) is 4.74 Å². The van der Waals surface area contributed by atoms with Crippen molar-refractivity contribution in [3.8, 4) is 5.75 Å². The number of carboxylic acids is 1. The van der Waals surface area contributed by atoms with Crippen LogP contribution in [0, 0.1) is 5.92 Å². The van der Waals surface area contributed by atoms with Crippen molar-refractivity contribution in [3.05, 3.63) is 29.8 Å². The number of ether oxygens (including phenoxy) is 1. The Labute approximate surface area is 157 Å². The normalized spacial score (nSPS) is 16.4. The van der Waals surface area contributed by atoms with Crippen LogP contribution in [-0.4, -0.2) is 53.3 Å². The number of aliphatic carboxylic acids is 1. The van der Waals surface area contributed by atoms with Crippen LogP contribution < -0.4 is 15.4 Å². The topological polar surface area (TPSA) is 125 Å². The fraction of sp³-hybridized carbons (Fsp3) is 0.526. The second-order valence-electron chi connectivity index (χ2n) is 6.77. The molecule has 0 radical (unpaired) electrons. The van der Waals surface area contributed by atoms with Gasteiger partial charge in [-0.1, -0.05) is 18.9 Å². The van der Waals surface area contributed by atoms with Crippen LogP contribution in [0.4, 0.5) is 0 Å². The fourth-order valence-electron chi connectivity index (χ4n) is 3.19. The van der Waals surface area contributed by atoms with Gasteiger partial charge in [-0.05, 0) is 31.0 Å². The van der Waals surface area contributed by atoms with Gasteiger partial charge in [-0.2, -0.15) is 0 Å². The van der Waals surface area contributed by atoms with Crippen molar-refractivity contribution in [2.75, 3.05) is 19.7 Å². The van der Waals surface area contributed by atoms with E-state index in [1.165, 1.54) is 13.0 Å². The summed E-state index contributed by atoms with van der Waals surface area (Å²) in [5.41, 5.74) is -1.59. The first-order valence-electron chi connectivity index (χ1n) is 9.04. The van der Waals surface area contributed by atoms with Gasteiger partial charge in [0.25, 0.3) is 5.91 Å². The Morgan fingerprint density at radius 2 is 1.85 bits per heavy atom. The lowest BCUT2D eigenvalue weighted by Crippen LogP contribution is -2.50. The molecule has 4 N–H and O–H groups in total. The quantitative estimate of drug-likeness (QED) is 0.474. The van der Waals surface area contributed by atoms with Crippen LogP contribution in [0.1, 0.15) is 43.0 Å². The molecule has 0 aliphatic heterocycles. The molecule has 0 aromatic heterocycles. The Bertz CT molecular complexity index is 687. The summed E-state index contributed by atoms with van der Waals surface area (Å²) in [6, 6.07) is 6.31. The van der Waals surface area contributed by atoms with E-state index in [0.717, 1.165) is 12.8 Å². The molecule has 8 heteroatoms. The Balaban J connectivity index is 1.95. The maximum absolute atomic E-state index is 12.1. The van der Waals surface area contributed by atoms with Crippen LogP contribution in [0.2, 0.25) is 0 Å². The summed E-state index contributed by atoms with van der Waals surface area (Å²) >= 11 is 0. The highest BCUT2D eigenvalue weighted by Gasteiger charge is 2.46. The van der Waals surface area contributed by atoms with Gasteiger partial charge in [-0.3, -0.25) is 9.59 Å². The van der Waals surface area contributed by atoms with Gasteiger partial charge in [0.05, 0.1) is 0 Å². The molecule has 1 unspecified atom stereocenters. The molecule has 1 atom stereocenters. The van der Waals surface area contributed by atoms with Gasteiger partial charge in [-0.15, -0.1) is 0 Å². The molecule has 8 nitrogen and oxygen atoms in total. The summed E-state index contributed by atoms with van der Waals surface area (Å²) in [5, 5.41) is 25.3. The number of aliphatic hydroxyl groups is 1. The molecule has 1 aliphatic rings. The summed E-state index contributed by atoms with van der Waals surface area (Å²) in [4.78, 5) is 34.5. The first kappa shape index (κ1) is 20.7. The van der Waals surface area contributed by atoms with E-state index in [-0.39, 0.29) is 30.9 Å². The number of benzene rings is 1. The molecule has 1 aliphatic carbocycles. The van der Waals surface area contributed by atoms with E-state index in [9.17, 15) is 24.6 Å². The van der Waals surface area contributed by atoms with Crippen molar-refractivity contribution >= 4 is 17.8 Å². The molecule has 0 spiro atoms. The monoisotopic (exact) mass is 378 g/mol. The highest BCUT2D eigenvalue weighted by molar-refractivity contribution is 5.94. The minimum Gasteiger partial charge on any atom is -0.490 e. The molecular weight excluding hydrogens is 352 g/mol. The second kappa shape index (κ2) is 9.36. The molecule has 1 fully saturated rings. The van der Waals surface area contributed by atoms with Crippen molar-refractivity contribution in [2.45, 2.75) is 38.2 Å². The van der Waals surface area contributed by atoms with E-state index in [2.05, 4.69) is 10.6 Å². The molecule has 2 rings (SSSR count). The first-order valence-corrected chi connectivity index (χ1v) is 9.04. The zero-order chi connectivity index (χ0) is 19.9. The van der Waals surface area contributed by atoms with Crippen LogP contribution in [-0.2, 0) is 9.59 Å². The number of nitrogens with one attached hydrogen (secondary N) is 2. The fourth-order valence-corrected chi connectivity index (χ4v) is 3.19. The van der Waals surface area contributed by atoms with Gasteiger partial charge < -0.3 is 25.6 Å². The molecule has 1 aromatic carbocycles. The molecule has 1 aromatic rings. The average molecular weight is 378 g/mol. The standard InChI is InChI=1S/C19H26N2O6/c1-13(22)20-9-10-21-17(23)14-5-4-8-16(11-14)27-12-19(26,18(24)25)15-6-2-3-7-15/h4-5,8,11,15,26H,2-3,6-7,9-10,12H2,1H3,(H,20,22)(H,21,23)(H,24,25). The van der Waals surface area contributed by atoms with Gasteiger partial charge in [-0.25, -0.2) is 4.79 Å². The molecule has 0 heterocycles. The number of rotatable bonds is 9. The van der Waals surface area contributed by atoms with Crippen LogP contribution in [0.25, 0.3) is 0 Å². The molecule has 2 amide bonds. The lowest BCUT2D eigenvalue weighted by atomic mass is 9.87. The van der Waals surface area contributed by atoms with E-state index in [1.54, 1.807) is 18.2 Å². The number of carbonyl (C=O) groups is 3. The Morgan fingerprint density at radius 3 is 2.48 bits per heavy atom. The maximum atomic E-state index is 12.1. The van der Waals surface area contributed by atoms with E-state index in [1.807, 2.05) is 0 Å². The minimum atomic E-state index is -1.94. The second-order valence-corrected chi connectivity index (χ2v) is 6.77. The van der Waals surface area contributed by atoms with Crippen LogP contribution in [0.5, 0.6) is 5.75 Å². The predicted molar refractivity (Wildman–Crippen MR) is 97.5 cm³/mol. The van der Waals surface area contributed by atoms with E-state index in [0.29, 0.717) is 30.7 Å². The number of hydrogen-bond donors (Lipinski definition) is 4. The highest BCUT2D eigenvalue weighted by Crippen LogP contribution is 2.35. The zero-order valence-electron chi connectivity index (χ0n) is 15.4. The third kappa shape index (κ3) is 5.68. The largest absolute Gasteiger partial charge is 0.490 e. The smallest absolute Gasteiger partial charge is 0.339 e. The third-order valence-corrected chi connectivity index (χ3v) is 4.74. The molecule has 27 heavy (non-hydrogen) atoms. The Morgan fingerprint density at radius 1 is 1.19 bits per heavy atom. The Kier molecular flexibility index (Phi) is 7.18. The summed E-state index contributed by atoms with van der Waals surface area (Å²) in [5.74, 6) is -1.83. The van der Waals surface area contributed by atoms with Gasteiger partial charge >= 0.3 is 5.97 Å². The minimum absolute atomic E-state index is 0.173. The number of carboxylic acid groups (broad SMARTS) is 1. The van der Waals surface area contributed by atoms with Gasteiger partial charge in [0.15, 0.2) is 5.60 Å². The number of amides is 2. The maximum Gasteiger partial charge on any atom is 0.339 e. The van der Waals surface area contributed by atoms with Crippen molar-refractivity contribution in [2.24, 2.45) is 5.92 Å². The van der Waals surface area contributed by atoms with Crippen LogP contribution in [0.15, 0.2) is 24.3 Å². The van der Waals surface area contributed by atoms with Crippen LogP contribution in [0.3, 0.4) is 0 Å². The summed E-state index contributed by atoms with van der Waals surface area (Å²) < 4.78 is 5.52. The van der Waals surface area contributed by atoms with Gasteiger partial charge in [0.1, 0.15) is 12.4 Å². The highest BCUT2D eigenvalue weighted by atomic mass is 16.5. The average Bonchev–Trinajstić information content (AvgIpc) is 3.18. The van der Waals surface area contributed by atoms with Crippen molar-refractivity contribution in [1.29, 1.82) is 0 Å². The van der Waals surface area contributed by atoms with E-state index >= 15 is 0 Å². The lowest BCUT2D eigenvalue weighted by Gasteiger charge is -2.29. The van der Waals surface area contributed by atoms with Gasteiger partial charge in [0.2, 0.25) is 5.91 Å². The van der Waals surface area contributed by atoms with Crippen LogP contribution >= 0.6 is 0 Å². The molecule has 0 saturated heterocycles. The summed E-state index contributed by atoms with van der Waals surface area (Å²) in [6.45, 7) is 1.63. The zero-order valence-corrected chi connectivity index (χ0v) is 15.4. The lowest BCUT2D eigenvalue weighted by molar-refractivity contribution is -0.169. The predicted octanol–water partition coefficient (Wildman–Crippen LogP) is 0.937. The molecular formula is C19H26N2O6. The molecule has 148 valence electrons. The third-order valence-electron chi connectivity index (χ3n) is 4.74. The van der Waals surface area contributed by atoms with Crippen molar-refractivity contribution in [3.63, 3.8) is 0 Å². The molecule has 0 bridgehead atoms.